The van der Waals surface area contributed by atoms with Crippen molar-refractivity contribution in [2.45, 2.75) is 32.7 Å². The maximum Gasteiger partial charge on any atom is 0.235 e. The van der Waals surface area contributed by atoms with Crippen LogP contribution in [-0.2, 0) is 14.6 Å². The second kappa shape index (κ2) is 7.96. The van der Waals surface area contributed by atoms with Crippen LogP contribution in [0.3, 0.4) is 0 Å². The molecule has 0 aliphatic carbocycles. The minimum absolute atomic E-state index is 0. The Morgan fingerprint density at radius 1 is 1.44 bits per heavy atom. The van der Waals surface area contributed by atoms with Gasteiger partial charge in [-0.1, -0.05) is 13.8 Å². The van der Waals surface area contributed by atoms with E-state index in [4.69, 9.17) is 0 Å². The molecule has 1 heterocycles. The molecule has 1 rings (SSSR count). The highest BCUT2D eigenvalue weighted by molar-refractivity contribution is 7.92. The van der Waals surface area contributed by atoms with Gasteiger partial charge in [-0.25, -0.2) is 8.42 Å². The molecule has 2 unspecified atom stereocenters. The number of nitrogens with one attached hydrogen (secondary N) is 2. The lowest BCUT2D eigenvalue weighted by Crippen LogP contribution is -2.51. The van der Waals surface area contributed by atoms with Gasteiger partial charge < -0.3 is 10.6 Å². The molecule has 1 aliphatic rings. The molecule has 1 aliphatic heterocycles. The average molecular weight is 299 g/mol. The Bertz CT molecular complexity index is 359. The Kier molecular flexibility index (Phi) is 7.82. The molecule has 2 atom stereocenters. The van der Waals surface area contributed by atoms with Crippen molar-refractivity contribution in [3.63, 3.8) is 0 Å². The Balaban J connectivity index is 0.00000289. The standard InChI is InChI=1S/C11H22N2O3S.ClH/c1-3-6-17(15,16)8-11(14)13-10-7-12-5-4-9(10)2;/h9-10,12H,3-8H2,1-2H3,(H,13,14);1H. The molecule has 0 spiro atoms. The third-order valence-corrected chi connectivity index (χ3v) is 4.77. The smallest absolute Gasteiger partial charge is 0.235 e. The number of rotatable bonds is 5. The maximum atomic E-state index is 11.6. The van der Waals surface area contributed by atoms with Crippen LogP contribution in [0.15, 0.2) is 0 Å². The molecule has 108 valence electrons. The molecule has 18 heavy (non-hydrogen) atoms. The predicted octanol–water partition coefficient (Wildman–Crippen LogP) is 0.347. The number of carbonyl (C=O) groups is 1. The predicted molar refractivity (Wildman–Crippen MR) is 74.8 cm³/mol. The lowest BCUT2D eigenvalue weighted by molar-refractivity contribution is -0.119. The van der Waals surface area contributed by atoms with Crippen LogP contribution in [0.5, 0.6) is 0 Å². The summed E-state index contributed by atoms with van der Waals surface area (Å²) in [6, 6.07) is 0.0491. The molecule has 0 aromatic carbocycles. The molecule has 0 radical (unpaired) electrons. The van der Waals surface area contributed by atoms with Crippen molar-refractivity contribution in [3.05, 3.63) is 0 Å². The summed E-state index contributed by atoms with van der Waals surface area (Å²) in [5.74, 6) is -0.281. The largest absolute Gasteiger partial charge is 0.351 e. The van der Waals surface area contributed by atoms with Crippen molar-refractivity contribution >= 4 is 28.2 Å². The van der Waals surface area contributed by atoms with E-state index < -0.39 is 9.84 Å². The zero-order valence-electron chi connectivity index (χ0n) is 10.9. The van der Waals surface area contributed by atoms with Gasteiger partial charge in [0, 0.05) is 12.6 Å². The summed E-state index contributed by atoms with van der Waals surface area (Å²) in [6.45, 7) is 5.55. The van der Waals surface area contributed by atoms with Crippen molar-refractivity contribution in [2.75, 3.05) is 24.6 Å². The number of carbonyl (C=O) groups excluding carboxylic acids is 1. The lowest BCUT2D eigenvalue weighted by Gasteiger charge is -2.30. The van der Waals surface area contributed by atoms with E-state index in [1.165, 1.54) is 0 Å². The van der Waals surface area contributed by atoms with Gasteiger partial charge in [-0.2, -0.15) is 0 Å². The number of amides is 1. The number of sulfone groups is 1. The van der Waals surface area contributed by atoms with Crippen LogP contribution in [0.1, 0.15) is 26.7 Å². The highest BCUT2D eigenvalue weighted by Gasteiger charge is 2.24. The summed E-state index contributed by atoms with van der Waals surface area (Å²) in [4.78, 5) is 11.6. The summed E-state index contributed by atoms with van der Waals surface area (Å²) in [5, 5.41) is 6.00. The fourth-order valence-corrected chi connectivity index (χ4v) is 3.26. The summed E-state index contributed by atoms with van der Waals surface area (Å²) >= 11 is 0. The van der Waals surface area contributed by atoms with Gasteiger partial charge in [-0.3, -0.25) is 4.79 Å². The fraction of sp³-hybridized carbons (Fsp3) is 0.909. The van der Waals surface area contributed by atoms with Crippen LogP contribution in [-0.4, -0.2) is 45.0 Å². The van der Waals surface area contributed by atoms with Gasteiger partial charge in [0.15, 0.2) is 9.84 Å². The van der Waals surface area contributed by atoms with Crippen molar-refractivity contribution < 1.29 is 13.2 Å². The van der Waals surface area contributed by atoms with Gasteiger partial charge >= 0.3 is 0 Å². The average Bonchev–Trinajstić information content (AvgIpc) is 2.20. The first-order chi connectivity index (χ1) is 7.94. The number of piperidine rings is 1. The van der Waals surface area contributed by atoms with Crippen LogP contribution in [0.4, 0.5) is 0 Å². The first-order valence-electron chi connectivity index (χ1n) is 6.15. The van der Waals surface area contributed by atoms with Gasteiger partial charge in [0.05, 0.1) is 5.75 Å². The van der Waals surface area contributed by atoms with E-state index in [0.717, 1.165) is 19.5 Å². The van der Waals surface area contributed by atoms with Gasteiger partial charge in [-0.15, -0.1) is 12.4 Å². The normalized spacial score (nSPS) is 24.1. The van der Waals surface area contributed by atoms with E-state index in [9.17, 15) is 13.2 Å². The first kappa shape index (κ1) is 17.7. The summed E-state index contributed by atoms with van der Waals surface area (Å²) < 4.78 is 23.0. The quantitative estimate of drug-likeness (QED) is 0.768. The van der Waals surface area contributed by atoms with E-state index in [-0.39, 0.29) is 35.9 Å². The fourth-order valence-electron chi connectivity index (χ4n) is 2.01. The van der Waals surface area contributed by atoms with Crippen LogP contribution in [0.2, 0.25) is 0 Å². The number of halogens is 1. The van der Waals surface area contributed by atoms with E-state index in [1.807, 2.05) is 0 Å². The molecule has 2 N–H and O–H groups in total. The van der Waals surface area contributed by atoms with Gasteiger partial charge in [0.25, 0.3) is 0 Å². The number of hydrogen-bond donors (Lipinski definition) is 2. The van der Waals surface area contributed by atoms with Crippen LogP contribution < -0.4 is 10.6 Å². The topological polar surface area (TPSA) is 75.3 Å². The zero-order chi connectivity index (χ0) is 12.9. The second-order valence-electron chi connectivity index (χ2n) is 4.74. The summed E-state index contributed by atoms with van der Waals surface area (Å²) in [6.07, 6.45) is 1.56. The molecular formula is C11H23ClN2O3S. The zero-order valence-corrected chi connectivity index (χ0v) is 12.6. The molecule has 1 saturated heterocycles. The monoisotopic (exact) mass is 298 g/mol. The molecule has 0 bridgehead atoms. The highest BCUT2D eigenvalue weighted by atomic mass is 35.5. The van der Waals surface area contributed by atoms with Crippen LogP contribution in [0, 0.1) is 5.92 Å². The molecule has 7 heteroatoms. The van der Waals surface area contributed by atoms with Crippen molar-refractivity contribution in [2.24, 2.45) is 5.92 Å². The second-order valence-corrected chi connectivity index (χ2v) is 6.92. The molecule has 1 fully saturated rings. The molecule has 0 saturated carbocycles. The Labute approximate surface area is 115 Å². The minimum atomic E-state index is -3.23. The summed E-state index contributed by atoms with van der Waals surface area (Å²) in [7, 11) is -3.23. The third kappa shape index (κ3) is 6.02. The Hall–Kier alpha value is -0.330. The molecule has 0 aromatic heterocycles. The Morgan fingerprint density at radius 3 is 2.67 bits per heavy atom. The van der Waals surface area contributed by atoms with Crippen molar-refractivity contribution in [1.29, 1.82) is 0 Å². The molecule has 0 aromatic rings. The molecule has 5 nitrogen and oxygen atoms in total. The Morgan fingerprint density at radius 2 is 2.11 bits per heavy atom. The van der Waals surface area contributed by atoms with Crippen molar-refractivity contribution in [1.82, 2.24) is 10.6 Å². The van der Waals surface area contributed by atoms with Crippen LogP contribution >= 0.6 is 12.4 Å². The molecule has 1 amide bonds. The van der Waals surface area contributed by atoms with Gasteiger partial charge in [-0.05, 0) is 25.3 Å². The maximum absolute atomic E-state index is 11.6. The lowest BCUT2D eigenvalue weighted by atomic mass is 9.95. The van der Waals surface area contributed by atoms with Crippen LogP contribution in [0.25, 0.3) is 0 Å². The number of hydrogen-bond acceptors (Lipinski definition) is 4. The molecular weight excluding hydrogens is 276 g/mol. The van der Waals surface area contributed by atoms with Crippen molar-refractivity contribution in [3.8, 4) is 0 Å². The summed E-state index contributed by atoms with van der Waals surface area (Å²) in [5.41, 5.74) is 0. The highest BCUT2D eigenvalue weighted by Crippen LogP contribution is 2.11. The van der Waals surface area contributed by atoms with E-state index in [0.29, 0.717) is 12.3 Å². The van der Waals surface area contributed by atoms with E-state index >= 15 is 0 Å². The van der Waals surface area contributed by atoms with Gasteiger partial charge in [0.1, 0.15) is 5.75 Å². The van der Waals surface area contributed by atoms with E-state index in [2.05, 4.69) is 17.6 Å². The van der Waals surface area contributed by atoms with Gasteiger partial charge in [0.2, 0.25) is 5.91 Å². The van der Waals surface area contributed by atoms with E-state index in [1.54, 1.807) is 6.92 Å². The first-order valence-corrected chi connectivity index (χ1v) is 7.97. The minimum Gasteiger partial charge on any atom is -0.351 e. The SMILES string of the molecule is CCCS(=O)(=O)CC(=O)NC1CNCCC1C.Cl. The third-order valence-electron chi connectivity index (χ3n) is 3.04.